The molecule has 0 aliphatic heterocycles. The van der Waals surface area contributed by atoms with Gasteiger partial charge < -0.3 is 10.9 Å². The Hall–Kier alpha value is -1.55. The summed E-state index contributed by atoms with van der Waals surface area (Å²) in [6.45, 7) is 1.44. The molecule has 0 saturated carbocycles. The minimum absolute atomic E-state index is 0.644. The van der Waals surface area contributed by atoms with E-state index in [9.17, 15) is 5.21 Å². The Kier molecular flexibility index (Phi) is 2.37. The van der Waals surface area contributed by atoms with Gasteiger partial charge in [-0.25, -0.2) is 9.30 Å². The van der Waals surface area contributed by atoms with Gasteiger partial charge >= 0.3 is 0 Å². The molecule has 2 aromatic rings. The van der Waals surface area contributed by atoms with Crippen LogP contribution in [-0.4, -0.2) is 11.1 Å². The van der Waals surface area contributed by atoms with Crippen LogP contribution in [0.25, 0.3) is 11.0 Å². The quantitative estimate of drug-likeness (QED) is 0.571. The van der Waals surface area contributed by atoms with E-state index in [2.05, 4.69) is 0 Å². The molecule has 1 heterocycles. The molecule has 14 heavy (non-hydrogen) atoms. The molecule has 0 unspecified atom stereocenters. The Labute approximate surface area is 82.1 Å². The fourth-order valence-electron chi connectivity index (χ4n) is 1.58. The number of benzene rings is 1. The van der Waals surface area contributed by atoms with Crippen LogP contribution in [0.5, 0.6) is 0 Å². The molecule has 4 nitrogen and oxygen atoms in total. The molecule has 0 amide bonds. The lowest BCUT2D eigenvalue weighted by molar-refractivity contribution is -0.578. The number of nitrogens with zero attached hydrogens (tertiary/aromatic N) is 2. The van der Waals surface area contributed by atoms with E-state index in [0.29, 0.717) is 12.1 Å². The van der Waals surface area contributed by atoms with Crippen LogP contribution in [0.2, 0.25) is 0 Å². The highest BCUT2D eigenvalue weighted by Crippen LogP contribution is 2.10. The smallest absolute Gasteiger partial charge is 0.247 e. The van der Waals surface area contributed by atoms with E-state index >= 15 is 0 Å². The van der Waals surface area contributed by atoms with Gasteiger partial charge in [-0.1, -0.05) is 12.1 Å². The van der Waals surface area contributed by atoms with E-state index in [1.807, 2.05) is 28.8 Å². The summed E-state index contributed by atoms with van der Waals surface area (Å²) in [5, 5.41) is 11.4. The minimum Gasteiger partial charge on any atom is -0.710 e. The number of hydrogen-bond acceptors (Lipinski definition) is 2. The summed E-state index contributed by atoms with van der Waals surface area (Å²) in [5.74, 6) is 0. The maximum atomic E-state index is 11.4. The van der Waals surface area contributed by atoms with Gasteiger partial charge in [-0.15, -0.1) is 0 Å². The van der Waals surface area contributed by atoms with E-state index in [1.165, 1.54) is 0 Å². The number of rotatable bonds is 3. The van der Waals surface area contributed by atoms with Crippen molar-refractivity contribution in [2.75, 3.05) is 6.54 Å². The molecular formula is C10H13N3O. The van der Waals surface area contributed by atoms with Crippen LogP contribution >= 0.6 is 0 Å². The highest BCUT2D eigenvalue weighted by molar-refractivity contribution is 5.71. The largest absolute Gasteiger partial charge is 0.710 e. The number of aromatic nitrogens is 2. The van der Waals surface area contributed by atoms with E-state index in [4.69, 9.17) is 5.73 Å². The topological polar surface area (TPSA) is 57.9 Å². The van der Waals surface area contributed by atoms with Gasteiger partial charge in [0.1, 0.15) is 0 Å². The standard InChI is InChI=1S/C10H13N3O/c11-6-3-7-12-8-13(14)10-5-2-1-4-9(10)12/h1-2,4-5,8H,3,6-7,11H2. The normalized spacial score (nSPS) is 10.9. The number of aryl methyl sites for hydroxylation is 1. The average molecular weight is 191 g/mol. The molecule has 1 aromatic heterocycles. The first-order chi connectivity index (χ1) is 6.83. The molecule has 0 fully saturated rings. The molecule has 0 saturated heterocycles. The van der Waals surface area contributed by atoms with E-state index < -0.39 is 0 Å². The van der Waals surface area contributed by atoms with E-state index in [1.54, 1.807) is 6.33 Å². The van der Waals surface area contributed by atoms with Crippen LogP contribution in [0, 0.1) is 5.21 Å². The first-order valence-electron chi connectivity index (χ1n) is 4.70. The van der Waals surface area contributed by atoms with Crippen LogP contribution in [0.4, 0.5) is 0 Å². The molecule has 74 valence electrons. The number of imidazole rings is 1. The molecule has 2 rings (SSSR count). The van der Waals surface area contributed by atoms with Gasteiger partial charge in [-0.2, -0.15) is 0 Å². The predicted octanol–water partition coefficient (Wildman–Crippen LogP) is 0.623. The maximum Gasteiger partial charge on any atom is 0.247 e. The SMILES string of the molecule is NCCCn1c[n+]([O-])c2ccccc21. The van der Waals surface area contributed by atoms with Gasteiger partial charge in [0.15, 0.2) is 11.0 Å². The van der Waals surface area contributed by atoms with Gasteiger partial charge in [0, 0.05) is 0 Å². The summed E-state index contributed by atoms with van der Waals surface area (Å²) < 4.78 is 2.83. The molecule has 0 bridgehead atoms. The van der Waals surface area contributed by atoms with Gasteiger partial charge in [-0.3, -0.25) is 0 Å². The maximum absolute atomic E-state index is 11.4. The van der Waals surface area contributed by atoms with Crippen molar-refractivity contribution in [2.24, 2.45) is 5.73 Å². The Morgan fingerprint density at radius 1 is 1.36 bits per heavy atom. The average Bonchev–Trinajstić information content (AvgIpc) is 2.54. The van der Waals surface area contributed by atoms with Crippen molar-refractivity contribution in [3.8, 4) is 0 Å². The monoisotopic (exact) mass is 191 g/mol. The van der Waals surface area contributed by atoms with Crippen LogP contribution in [-0.2, 0) is 6.54 Å². The first kappa shape index (κ1) is 9.02. The van der Waals surface area contributed by atoms with Crippen LogP contribution in [0.3, 0.4) is 0 Å². The fraction of sp³-hybridized carbons (Fsp3) is 0.300. The third-order valence-electron chi connectivity index (χ3n) is 2.28. The van der Waals surface area contributed by atoms with Crippen molar-refractivity contribution >= 4 is 11.0 Å². The highest BCUT2D eigenvalue weighted by atomic mass is 16.5. The van der Waals surface area contributed by atoms with Gasteiger partial charge in [0.05, 0.1) is 6.54 Å². The lowest BCUT2D eigenvalue weighted by Gasteiger charge is -1.94. The summed E-state index contributed by atoms with van der Waals surface area (Å²) >= 11 is 0. The molecule has 4 heteroatoms. The summed E-state index contributed by atoms with van der Waals surface area (Å²) in [7, 11) is 0. The lowest BCUT2D eigenvalue weighted by atomic mass is 10.3. The molecule has 0 spiro atoms. The summed E-state index contributed by atoms with van der Waals surface area (Å²) in [4.78, 5) is 0. The van der Waals surface area contributed by atoms with Crippen molar-refractivity contribution in [1.82, 2.24) is 4.57 Å². The third kappa shape index (κ3) is 1.44. The zero-order valence-corrected chi connectivity index (χ0v) is 7.89. The predicted molar refractivity (Wildman–Crippen MR) is 54.6 cm³/mol. The van der Waals surface area contributed by atoms with Crippen molar-refractivity contribution in [1.29, 1.82) is 0 Å². The number of hydrogen-bond donors (Lipinski definition) is 1. The number of fused-ring (bicyclic) bond motifs is 1. The molecule has 0 atom stereocenters. The summed E-state index contributed by atoms with van der Waals surface area (Å²) in [6, 6.07) is 7.56. The second kappa shape index (κ2) is 3.67. The zero-order chi connectivity index (χ0) is 9.97. The van der Waals surface area contributed by atoms with Crippen LogP contribution in [0.15, 0.2) is 30.6 Å². The second-order valence-electron chi connectivity index (χ2n) is 3.27. The summed E-state index contributed by atoms with van der Waals surface area (Å²) in [5.41, 5.74) is 7.11. The Morgan fingerprint density at radius 3 is 2.93 bits per heavy atom. The number of nitrogens with two attached hydrogens (primary N) is 1. The molecular weight excluding hydrogens is 178 g/mol. The lowest BCUT2D eigenvalue weighted by Crippen LogP contribution is -2.23. The molecule has 2 N–H and O–H groups in total. The molecule has 1 aromatic carbocycles. The van der Waals surface area contributed by atoms with Crippen LogP contribution in [0.1, 0.15) is 6.42 Å². The first-order valence-corrected chi connectivity index (χ1v) is 4.70. The minimum atomic E-state index is 0.644. The molecule has 0 aliphatic rings. The van der Waals surface area contributed by atoms with Gasteiger partial charge in [0.2, 0.25) is 6.33 Å². The van der Waals surface area contributed by atoms with Crippen LogP contribution < -0.4 is 10.5 Å². The third-order valence-corrected chi connectivity index (χ3v) is 2.28. The van der Waals surface area contributed by atoms with Crippen molar-refractivity contribution in [2.45, 2.75) is 13.0 Å². The fourth-order valence-corrected chi connectivity index (χ4v) is 1.58. The second-order valence-corrected chi connectivity index (χ2v) is 3.27. The molecule has 0 radical (unpaired) electrons. The zero-order valence-electron chi connectivity index (χ0n) is 7.89. The van der Waals surface area contributed by atoms with E-state index in [-0.39, 0.29) is 0 Å². The Morgan fingerprint density at radius 2 is 2.14 bits per heavy atom. The Bertz CT molecular complexity index is 436. The summed E-state index contributed by atoms with van der Waals surface area (Å²) in [6.07, 6.45) is 2.46. The van der Waals surface area contributed by atoms with Gasteiger partial charge in [-0.05, 0) is 25.1 Å². The molecule has 0 aliphatic carbocycles. The highest BCUT2D eigenvalue weighted by Gasteiger charge is 2.09. The van der Waals surface area contributed by atoms with E-state index in [0.717, 1.165) is 23.2 Å². The number of para-hydroxylation sites is 2. The van der Waals surface area contributed by atoms with Crippen molar-refractivity contribution < 1.29 is 4.73 Å². The Balaban J connectivity index is 2.44. The van der Waals surface area contributed by atoms with Crippen molar-refractivity contribution in [3.05, 3.63) is 35.8 Å². The van der Waals surface area contributed by atoms with Crippen molar-refractivity contribution in [3.63, 3.8) is 0 Å². The van der Waals surface area contributed by atoms with Gasteiger partial charge in [0.25, 0.3) is 0 Å².